The Morgan fingerprint density at radius 2 is 1.69 bits per heavy atom. The topological polar surface area (TPSA) is 64.1 Å². The van der Waals surface area contributed by atoms with Gasteiger partial charge in [0.1, 0.15) is 11.3 Å². The van der Waals surface area contributed by atoms with Crippen LogP contribution in [0.3, 0.4) is 0 Å². The van der Waals surface area contributed by atoms with Gasteiger partial charge in [0.05, 0.1) is 31.1 Å². The van der Waals surface area contributed by atoms with Crippen molar-refractivity contribution in [3.63, 3.8) is 0 Å². The van der Waals surface area contributed by atoms with Crippen molar-refractivity contribution in [1.82, 2.24) is 9.88 Å². The quantitative estimate of drug-likeness (QED) is 0.496. The first kappa shape index (κ1) is 22.2. The molecular weight excluding hydrogens is 450 g/mol. The Hall–Kier alpha value is -2.97. The first-order chi connectivity index (χ1) is 15.5. The van der Waals surface area contributed by atoms with Crippen molar-refractivity contribution in [2.75, 3.05) is 52.4 Å². The van der Waals surface area contributed by atoms with E-state index in [9.17, 15) is 4.79 Å². The van der Waals surface area contributed by atoms with E-state index in [1.54, 1.807) is 44.8 Å². The minimum atomic E-state index is -0.0200. The number of methoxy groups -OCH3 is 3. The molecule has 1 saturated heterocycles. The molecule has 2 heterocycles. The molecule has 0 bridgehead atoms. The largest absolute Gasteiger partial charge is 0.494 e. The van der Waals surface area contributed by atoms with E-state index in [-0.39, 0.29) is 5.91 Å². The minimum Gasteiger partial charge on any atom is -0.494 e. The van der Waals surface area contributed by atoms with E-state index in [4.69, 9.17) is 30.8 Å². The SMILES string of the molecule is COc1ccc(/C=C\C(=O)N2CCN(c3nc4c(OC)ccc(Cl)c4s3)CC2)cc1OC. The molecule has 0 N–H and O–H groups in total. The number of hydrogen-bond donors (Lipinski definition) is 0. The number of rotatable bonds is 6. The van der Waals surface area contributed by atoms with E-state index in [1.807, 2.05) is 35.2 Å². The van der Waals surface area contributed by atoms with Gasteiger partial charge in [-0.15, -0.1) is 0 Å². The molecule has 0 spiro atoms. The van der Waals surface area contributed by atoms with Crippen LogP contribution in [0.2, 0.25) is 5.02 Å². The molecule has 0 aliphatic carbocycles. The number of thiazole rings is 1. The van der Waals surface area contributed by atoms with E-state index in [0.717, 1.165) is 20.9 Å². The van der Waals surface area contributed by atoms with Crippen molar-refractivity contribution < 1.29 is 19.0 Å². The molecule has 0 atom stereocenters. The van der Waals surface area contributed by atoms with Crippen LogP contribution in [0.1, 0.15) is 5.56 Å². The maximum absolute atomic E-state index is 12.7. The predicted molar refractivity (Wildman–Crippen MR) is 129 cm³/mol. The minimum absolute atomic E-state index is 0.0200. The van der Waals surface area contributed by atoms with Crippen molar-refractivity contribution in [3.8, 4) is 17.2 Å². The standard InChI is InChI=1S/C23H24ClN3O4S/c1-29-17-7-4-15(14-19(17)31-3)5-9-20(28)26-10-12-27(13-11-26)23-25-21-18(30-2)8-6-16(24)22(21)32-23/h4-9,14H,10-13H2,1-3H3/b9-5-. The lowest BCUT2D eigenvalue weighted by molar-refractivity contribution is -0.126. The third kappa shape index (κ3) is 4.47. The molecule has 0 unspecified atom stereocenters. The lowest BCUT2D eigenvalue weighted by Gasteiger charge is -2.34. The molecular formula is C23H24ClN3O4S. The highest BCUT2D eigenvalue weighted by atomic mass is 35.5. The molecule has 0 saturated carbocycles. The number of fused-ring (bicyclic) bond motifs is 1. The third-order valence-corrected chi connectivity index (χ3v) is 6.93. The van der Waals surface area contributed by atoms with Crippen molar-refractivity contribution >= 4 is 50.3 Å². The molecule has 32 heavy (non-hydrogen) atoms. The van der Waals surface area contributed by atoms with Gasteiger partial charge in [-0.05, 0) is 35.9 Å². The van der Waals surface area contributed by atoms with Gasteiger partial charge in [0, 0.05) is 32.3 Å². The van der Waals surface area contributed by atoms with Gasteiger partial charge in [-0.1, -0.05) is 29.0 Å². The summed E-state index contributed by atoms with van der Waals surface area (Å²) >= 11 is 7.89. The summed E-state index contributed by atoms with van der Waals surface area (Å²) in [6.45, 7) is 2.65. The number of nitrogens with zero attached hydrogens (tertiary/aromatic N) is 3. The highest BCUT2D eigenvalue weighted by molar-refractivity contribution is 7.22. The number of anilines is 1. The van der Waals surface area contributed by atoms with Crippen molar-refractivity contribution in [2.24, 2.45) is 0 Å². The zero-order valence-corrected chi connectivity index (χ0v) is 19.7. The molecule has 1 fully saturated rings. The molecule has 1 aromatic heterocycles. The lowest BCUT2D eigenvalue weighted by Crippen LogP contribution is -2.48. The van der Waals surface area contributed by atoms with E-state index in [0.29, 0.717) is 48.5 Å². The van der Waals surface area contributed by atoms with E-state index in [2.05, 4.69) is 4.90 Å². The Balaban J connectivity index is 1.40. The van der Waals surface area contributed by atoms with Crippen LogP contribution in [0.4, 0.5) is 5.13 Å². The van der Waals surface area contributed by atoms with E-state index >= 15 is 0 Å². The van der Waals surface area contributed by atoms with Gasteiger partial charge >= 0.3 is 0 Å². The predicted octanol–water partition coefficient (Wildman–Crippen LogP) is 4.34. The zero-order chi connectivity index (χ0) is 22.7. The van der Waals surface area contributed by atoms with Gasteiger partial charge in [-0.3, -0.25) is 4.79 Å². The van der Waals surface area contributed by atoms with E-state index < -0.39 is 0 Å². The fourth-order valence-electron chi connectivity index (χ4n) is 3.59. The number of benzene rings is 2. The molecule has 7 nitrogen and oxygen atoms in total. The number of carbonyl (C=O) groups is 1. The molecule has 168 valence electrons. The van der Waals surface area contributed by atoms with Gasteiger partial charge in [0.15, 0.2) is 16.6 Å². The molecule has 1 amide bonds. The first-order valence-corrected chi connectivity index (χ1v) is 11.3. The molecule has 0 radical (unpaired) electrons. The van der Waals surface area contributed by atoms with Crippen molar-refractivity contribution in [2.45, 2.75) is 0 Å². The number of amides is 1. The zero-order valence-electron chi connectivity index (χ0n) is 18.1. The van der Waals surface area contributed by atoms with Gasteiger partial charge in [0.25, 0.3) is 0 Å². The Kier molecular flexibility index (Phi) is 6.72. The second-order valence-corrected chi connectivity index (χ2v) is 8.57. The molecule has 9 heteroatoms. The summed E-state index contributed by atoms with van der Waals surface area (Å²) in [5, 5.41) is 1.55. The fraction of sp³-hybridized carbons (Fsp3) is 0.304. The maximum Gasteiger partial charge on any atom is 0.246 e. The molecule has 4 rings (SSSR count). The number of ether oxygens (including phenoxy) is 3. The number of piperazine rings is 1. The third-order valence-electron chi connectivity index (χ3n) is 5.35. The van der Waals surface area contributed by atoms with Crippen LogP contribution in [-0.4, -0.2) is 63.3 Å². The Morgan fingerprint density at radius 3 is 2.38 bits per heavy atom. The number of carbonyl (C=O) groups excluding carboxylic acids is 1. The van der Waals surface area contributed by atoms with Gasteiger partial charge in [-0.25, -0.2) is 4.98 Å². The summed E-state index contributed by atoms with van der Waals surface area (Å²) in [7, 11) is 4.81. The Morgan fingerprint density at radius 1 is 1.00 bits per heavy atom. The average Bonchev–Trinajstić information content (AvgIpc) is 3.29. The summed E-state index contributed by atoms with van der Waals surface area (Å²) in [5.74, 6) is 1.97. The second kappa shape index (κ2) is 9.67. The summed E-state index contributed by atoms with van der Waals surface area (Å²) in [6.07, 6.45) is 3.39. The summed E-state index contributed by atoms with van der Waals surface area (Å²) in [4.78, 5) is 21.4. The van der Waals surface area contributed by atoms with Crippen molar-refractivity contribution in [3.05, 3.63) is 47.0 Å². The normalized spacial score (nSPS) is 14.2. The van der Waals surface area contributed by atoms with Crippen LogP contribution in [0.15, 0.2) is 36.4 Å². The molecule has 2 aromatic carbocycles. The first-order valence-electron chi connectivity index (χ1n) is 10.1. The Bertz CT molecular complexity index is 1160. The highest BCUT2D eigenvalue weighted by Gasteiger charge is 2.23. The van der Waals surface area contributed by atoms with Crippen LogP contribution in [0.25, 0.3) is 16.3 Å². The van der Waals surface area contributed by atoms with Gasteiger partial charge in [0.2, 0.25) is 5.91 Å². The maximum atomic E-state index is 12.7. The van der Waals surface area contributed by atoms with Crippen LogP contribution in [0, 0.1) is 0 Å². The average molecular weight is 474 g/mol. The summed E-state index contributed by atoms with van der Waals surface area (Å²) < 4.78 is 16.9. The van der Waals surface area contributed by atoms with Crippen LogP contribution in [0.5, 0.6) is 17.2 Å². The smallest absolute Gasteiger partial charge is 0.246 e. The lowest BCUT2D eigenvalue weighted by atomic mass is 10.2. The van der Waals surface area contributed by atoms with Crippen molar-refractivity contribution in [1.29, 1.82) is 0 Å². The van der Waals surface area contributed by atoms with Gasteiger partial charge < -0.3 is 24.0 Å². The summed E-state index contributed by atoms with van der Waals surface area (Å²) in [5.41, 5.74) is 1.64. The van der Waals surface area contributed by atoms with Crippen LogP contribution >= 0.6 is 22.9 Å². The van der Waals surface area contributed by atoms with E-state index in [1.165, 1.54) is 0 Å². The number of halogens is 1. The Labute approximate surface area is 195 Å². The highest BCUT2D eigenvalue weighted by Crippen LogP contribution is 2.38. The monoisotopic (exact) mass is 473 g/mol. The number of hydrogen-bond acceptors (Lipinski definition) is 7. The fourth-order valence-corrected chi connectivity index (χ4v) is 4.90. The molecule has 1 aliphatic rings. The number of aromatic nitrogens is 1. The molecule has 1 aliphatic heterocycles. The van der Waals surface area contributed by atoms with Crippen LogP contribution in [-0.2, 0) is 4.79 Å². The summed E-state index contributed by atoms with van der Waals surface area (Å²) in [6, 6.07) is 9.20. The van der Waals surface area contributed by atoms with Gasteiger partial charge in [-0.2, -0.15) is 0 Å². The van der Waals surface area contributed by atoms with Crippen LogP contribution < -0.4 is 19.1 Å². The second-order valence-electron chi connectivity index (χ2n) is 7.18. The molecule has 3 aromatic rings.